The largest absolute Gasteiger partial charge is 0.459 e. The molecule has 200 valence electrons. The van der Waals surface area contributed by atoms with Crippen molar-refractivity contribution in [1.29, 1.82) is 0 Å². The maximum absolute atomic E-state index is 13.4. The Balaban J connectivity index is 1.62. The molecule has 6 fully saturated rings. The zero-order chi connectivity index (χ0) is 25.5. The molecule has 9 heteroatoms. The van der Waals surface area contributed by atoms with Gasteiger partial charge in [-0.25, -0.2) is 0 Å². The number of likely N-dealkylation sites (N-methyl/N-ethyl adjacent to an activating group) is 1. The minimum atomic E-state index is -1.21. The molecule has 7 rings (SSSR count). The highest BCUT2D eigenvalue weighted by Crippen LogP contribution is 2.83. The van der Waals surface area contributed by atoms with Crippen LogP contribution in [0.4, 0.5) is 0 Å². The number of carbonyl (C=O) groups excluding carboxylic acids is 1. The minimum absolute atomic E-state index is 0.00764. The molecule has 0 amide bonds. The van der Waals surface area contributed by atoms with E-state index in [0.29, 0.717) is 12.8 Å². The summed E-state index contributed by atoms with van der Waals surface area (Å²) in [6.07, 6.45) is 3.95. The molecular weight excluding hydrogens is 466 g/mol. The molecular formula is C27H39NO8. The molecule has 2 saturated heterocycles. The lowest BCUT2D eigenvalue weighted by molar-refractivity contribution is -0.317. The SMILES string of the molecule is CCN1C[C@]2(C)C=C[C@H](OC)[C@@]34[C@H]1[C@@]1(OCO[C@@]15C[C@H](OC)[C@H]1C[C@]3(O)[C@@H]5[C@H]1OC)[C@@H](OC(C)=O)[C@@H]42. The maximum Gasteiger partial charge on any atom is 0.303 e. The van der Waals surface area contributed by atoms with E-state index in [2.05, 4.69) is 30.9 Å². The third kappa shape index (κ3) is 2.12. The van der Waals surface area contributed by atoms with Crippen LogP contribution < -0.4 is 0 Å². The number of nitrogens with zero attached hydrogens (tertiary/aromatic N) is 1. The summed E-state index contributed by atoms with van der Waals surface area (Å²) in [5.41, 5.74) is -4.32. The number of hydrogen-bond acceptors (Lipinski definition) is 9. The number of piperidine rings is 1. The van der Waals surface area contributed by atoms with E-state index >= 15 is 0 Å². The molecule has 4 saturated carbocycles. The van der Waals surface area contributed by atoms with Gasteiger partial charge in [0.2, 0.25) is 0 Å². The zero-order valence-electron chi connectivity index (χ0n) is 22.1. The standard InChI is InChI=1S/C27H39NO8/c1-7-28-12-23(3)9-8-17(32-5)26-20(23)21(36-14(2)29)27(22(26)28)25(34-13-35-27)11-16(31-4)15-10-24(26,30)19(25)18(15)33-6/h8-9,15-22,30H,7,10-13H2,1-6H3/t15-,16+,17+,18+,19+,20-,21+,22+,23+,24+,25-,26-,27+/m1/s1. The molecule has 1 N–H and O–H groups in total. The van der Waals surface area contributed by atoms with Crippen LogP contribution in [0.3, 0.4) is 0 Å². The summed E-state index contributed by atoms with van der Waals surface area (Å²) in [4.78, 5) is 15.2. The van der Waals surface area contributed by atoms with Crippen LogP contribution in [0.2, 0.25) is 0 Å². The van der Waals surface area contributed by atoms with Crippen molar-refractivity contribution < 1.29 is 38.3 Å². The average Bonchev–Trinajstić information content (AvgIpc) is 3.40. The predicted molar refractivity (Wildman–Crippen MR) is 126 cm³/mol. The van der Waals surface area contributed by atoms with Crippen LogP contribution in [0.1, 0.15) is 33.6 Å². The van der Waals surface area contributed by atoms with Gasteiger partial charge in [0.15, 0.2) is 5.60 Å². The highest BCUT2D eigenvalue weighted by Gasteiger charge is 2.97. The molecule has 13 atom stereocenters. The lowest BCUT2D eigenvalue weighted by atomic mass is 9.42. The molecule has 7 aliphatic rings. The first-order chi connectivity index (χ1) is 17.2. The fourth-order valence-corrected chi connectivity index (χ4v) is 11.2. The van der Waals surface area contributed by atoms with Crippen LogP contribution in [-0.2, 0) is 33.2 Å². The molecule has 9 nitrogen and oxygen atoms in total. The Morgan fingerprint density at radius 1 is 1.14 bits per heavy atom. The van der Waals surface area contributed by atoms with E-state index in [1.807, 2.05) is 0 Å². The third-order valence-corrected chi connectivity index (χ3v) is 11.7. The number of rotatable bonds is 5. The summed E-state index contributed by atoms with van der Waals surface area (Å²) < 4.78 is 38.5. The Hall–Kier alpha value is -1.07. The number of hydrogen-bond donors (Lipinski definition) is 1. The van der Waals surface area contributed by atoms with Gasteiger partial charge in [-0.2, -0.15) is 0 Å². The second-order valence-electron chi connectivity index (χ2n) is 12.5. The molecule has 0 radical (unpaired) electrons. The van der Waals surface area contributed by atoms with Gasteiger partial charge < -0.3 is 33.5 Å². The van der Waals surface area contributed by atoms with E-state index in [1.165, 1.54) is 6.92 Å². The monoisotopic (exact) mass is 505 g/mol. The topological polar surface area (TPSA) is 95.9 Å². The zero-order valence-corrected chi connectivity index (χ0v) is 22.1. The molecule has 0 aromatic carbocycles. The molecule has 36 heavy (non-hydrogen) atoms. The van der Waals surface area contributed by atoms with Crippen LogP contribution >= 0.6 is 0 Å². The van der Waals surface area contributed by atoms with Gasteiger partial charge in [0, 0.05) is 64.4 Å². The van der Waals surface area contributed by atoms with Gasteiger partial charge in [0.1, 0.15) is 18.5 Å². The Kier molecular flexibility index (Phi) is 4.74. The van der Waals surface area contributed by atoms with Crippen molar-refractivity contribution in [3.63, 3.8) is 0 Å². The van der Waals surface area contributed by atoms with Gasteiger partial charge in [0.05, 0.1) is 35.4 Å². The van der Waals surface area contributed by atoms with Crippen LogP contribution in [0, 0.1) is 28.6 Å². The smallest absolute Gasteiger partial charge is 0.303 e. The molecule has 0 aromatic rings. The van der Waals surface area contributed by atoms with Crippen molar-refractivity contribution in [3.8, 4) is 0 Å². The van der Waals surface area contributed by atoms with Crippen molar-refractivity contribution in [3.05, 3.63) is 12.2 Å². The fraction of sp³-hybridized carbons (Fsp3) is 0.889. The molecule has 7 bridgehead atoms. The molecule has 5 aliphatic carbocycles. The number of fused-ring (bicyclic) bond motifs is 1. The van der Waals surface area contributed by atoms with Gasteiger partial charge in [-0.3, -0.25) is 9.69 Å². The van der Waals surface area contributed by atoms with Crippen LogP contribution in [0.5, 0.6) is 0 Å². The minimum Gasteiger partial charge on any atom is -0.459 e. The number of ether oxygens (including phenoxy) is 6. The Labute approximate surface area is 212 Å². The summed E-state index contributed by atoms with van der Waals surface area (Å²) in [5, 5.41) is 13.4. The fourth-order valence-electron chi connectivity index (χ4n) is 11.2. The van der Waals surface area contributed by atoms with E-state index in [9.17, 15) is 9.90 Å². The third-order valence-electron chi connectivity index (χ3n) is 11.7. The van der Waals surface area contributed by atoms with E-state index in [4.69, 9.17) is 28.4 Å². The van der Waals surface area contributed by atoms with Crippen molar-refractivity contribution in [2.24, 2.45) is 28.6 Å². The normalized spacial score (nSPS) is 59.8. The summed E-state index contributed by atoms with van der Waals surface area (Å²) in [6, 6.07) is -0.275. The van der Waals surface area contributed by atoms with E-state index in [0.717, 1.165) is 13.1 Å². The number of carbonyl (C=O) groups is 1. The first-order valence-electron chi connectivity index (χ1n) is 13.4. The lowest BCUT2D eigenvalue weighted by Gasteiger charge is -2.70. The van der Waals surface area contributed by atoms with Gasteiger partial charge in [-0.05, 0) is 13.0 Å². The van der Waals surface area contributed by atoms with Gasteiger partial charge in [-0.1, -0.05) is 26.0 Å². The number of aliphatic hydroxyl groups is 1. The maximum atomic E-state index is 13.4. The van der Waals surface area contributed by atoms with Crippen LogP contribution in [0.15, 0.2) is 12.2 Å². The molecule has 2 aliphatic heterocycles. The van der Waals surface area contributed by atoms with Crippen LogP contribution in [-0.4, -0.2) is 104 Å². The van der Waals surface area contributed by atoms with Crippen molar-refractivity contribution in [1.82, 2.24) is 4.90 Å². The summed E-state index contributed by atoms with van der Waals surface area (Å²) in [5.74, 6) is -0.940. The Morgan fingerprint density at radius 2 is 1.92 bits per heavy atom. The summed E-state index contributed by atoms with van der Waals surface area (Å²) >= 11 is 0. The van der Waals surface area contributed by atoms with Gasteiger partial charge in [0.25, 0.3) is 0 Å². The first kappa shape index (κ1) is 24.0. The number of esters is 1. The van der Waals surface area contributed by atoms with Gasteiger partial charge in [-0.15, -0.1) is 0 Å². The van der Waals surface area contributed by atoms with Crippen molar-refractivity contribution >= 4 is 5.97 Å². The highest BCUT2D eigenvalue weighted by molar-refractivity contribution is 5.67. The quantitative estimate of drug-likeness (QED) is 0.436. The molecule has 0 unspecified atom stereocenters. The summed E-state index contributed by atoms with van der Waals surface area (Å²) in [6.45, 7) is 7.45. The first-order valence-corrected chi connectivity index (χ1v) is 13.4. The predicted octanol–water partition coefficient (Wildman–Crippen LogP) is 1.13. The number of methoxy groups -OCH3 is 3. The summed E-state index contributed by atoms with van der Waals surface area (Å²) in [7, 11) is 5.15. The Morgan fingerprint density at radius 3 is 2.56 bits per heavy atom. The molecule has 3 spiro atoms. The van der Waals surface area contributed by atoms with E-state index < -0.39 is 34.4 Å². The van der Waals surface area contributed by atoms with Crippen LogP contribution in [0.25, 0.3) is 0 Å². The average molecular weight is 506 g/mol. The number of likely N-dealkylation sites (tertiary alicyclic amines) is 1. The van der Waals surface area contributed by atoms with Gasteiger partial charge >= 0.3 is 5.97 Å². The van der Waals surface area contributed by atoms with E-state index in [1.54, 1.807) is 21.3 Å². The molecule has 2 heterocycles. The lowest BCUT2D eigenvalue weighted by Crippen LogP contribution is -2.85. The van der Waals surface area contributed by atoms with Crippen molar-refractivity contribution in [2.45, 2.75) is 80.9 Å². The van der Waals surface area contributed by atoms with E-state index in [-0.39, 0.29) is 54.2 Å². The second-order valence-corrected chi connectivity index (χ2v) is 12.5. The van der Waals surface area contributed by atoms with Crippen molar-refractivity contribution in [2.75, 3.05) is 41.2 Å². The second kappa shape index (κ2) is 7.11. The Bertz CT molecular complexity index is 1020. The highest BCUT2D eigenvalue weighted by atomic mass is 16.7. The molecule has 0 aromatic heterocycles.